The van der Waals surface area contributed by atoms with Crippen molar-refractivity contribution >= 4 is 21.6 Å². The summed E-state index contributed by atoms with van der Waals surface area (Å²) in [5.74, 6) is 0.754. The number of primary sulfonamides is 1. The van der Waals surface area contributed by atoms with Gasteiger partial charge in [-0.3, -0.25) is 9.69 Å². The van der Waals surface area contributed by atoms with Crippen LogP contribution in [0, 0.1) is 0 Å². The van der Waals surface area contributed by atoms with Crippen molar-refractivity contribution < 1.29 is 22.7 Å². The normalized spacial score (nSPS) is 14.8. The lowest BCUT2D eigenvalue weighted by molar-refractivity contribution is 0.0948. The summed E-state index contributed by atoms with van der Waals surface area (Å²) in [4.78, 5) is 17.1. The van der Waals surface area contributed by atoms with Gasteiger partial charge in [0.15, 0.2) is 0 Å². The van der Waals surface area contributed by atoms with E-state index in [9.17, 15) is 13.2 Å². The molecule has 10 heteroatoms. The molecule has 2 aromatic carbocycles. The molecule has 174 valence electrons. The molecule has 1 saturated heterocycles. The fourth-order valence-corrected chi connectivity index (χ4v) is 4.20. The third-order valence-electron chi connectivity index (χ3n) is 5.49. The molecule has 0 bridgehead atoms. The van der Waals surface area contributed by atoms with Gasteiger partial charge >= 0.3 is 0 Å². The van der Waals surface area contributed by atoms with Gasteiger partial charge in [-0.25, -0.2) is 13.6 Å². The summed E-state index contributed by atoms with van der Waals surface area (Å²) in [6, 6.07) is 12.1. The molecule has 2 aromatic rings. The molecule has 32 heavy (non-hydrogen) atoms. The average Bonchev–Trinajstić information content (AvgIpc) is 2.81. The maximum Gasteiger partial charge on any atom is 0.255 e. The number of benzene rings is 2. The van der Waals surface area contributed by atoms with Crippen LogP contribution in [-0.2, 0) is 10.0 Å². The van der Waals surface area contributed by atoms with Gasteiger partial charge in [0.25, 0.3) is 5.91 Å². The summed E-state index contributed by atoms with van der Waals surface area (Å²) >= 11 is 0. The molecule has 3 rings (SSSR count). The molecular weight excluding hydrogens is 432 g/mol. The highest BCUT2D eigenvalue weighted by Gasteiger charge is 2.19. The van der Waals surface area contributed by atoms with Crippen molar-refractivity contribution in [3.05, 3.63) is 48.0 Å². The summed E-state index contributed by atoms with van der Waals surface area (Å²) in [6.07, 6.45) is 0.783. The van der Waals surface area contributed by atoms with E-state index in [0.717, 1.165) is 44.9 Å². The number of hydrogen-bond donors (Lipinski definition) is 2. The van der Waals surface area contributed by atoms with Crippen molar-refractivity contribution in [1.82, 2.24) is 10.2 Å². The van der Waals surface area contributed by atoms with Crippen molar-refractivity contribution in [2.45, 2.75) is 11.3 Å². The third-order valence-corrected chi connectivity index (χ3v) is 6.40. The molecule has 1 heterocycles. The number of piperazine rings is 1. The van der Waals surface area contributed by atoms with Crippen LogP contribution in [0.2, 0.25) is 0 Å². The number of nitrogens with one attached hydrogen (secondary N) is 1. The summed E-state index contributed by atoms with van der Waals surface area (Å²) < 4.78 is 33.5. The number of nitrogens with two attached hydrogens (primary N) is 1. The van der Waals surface area contributed by atoms with Gasteiger partial charge in [0, 0.05) is 38.4 Å². The lowest BCUT2D eigenvalue weighted by Gasteiger charge is -2.36. The first-order valence-electron chi connectivity index (χ1n) is 10.4. The summed E-state index contributed by atoms with van der Waals surface area (Å²) in [5.41, 5.74) is 1.33. The fraction of sp³-hybridized carbons (Fsp3) is 0.409. The van der Waals surface area contributed by atoms with Crippen LogP contribution < -0.4 is 24.8 Å². The van der Waals surface area contributed by atoms with E-state index in [0.29, 0.717) is 12.3 Å². The Labute approximate surface area is 189 Å². The summed E-state index contributed by atoms with van der Waals surface area (Å²) in [7, 11) is -0.818. The van der Waals surface area contributed by atoms with Crippen molar-refractivity contribution in [1.29, 1.82) is 0 Å². The van der Waals surface area contributed by atoms with Crippen LogP contribution in [0.4, 0.5) is 5.69 Å². The van der Waals surface area contributed by atoms with Gasteiger partial charge in [-0.05, 0) is 55.4 Å². The topological polar surface area (TPSA) is 114 Å². The monoisotopic (exact) mass is 462 g/mol. The maximum atomic E-state index is 12.5. The number of amides is 1. The molecule has 1 amide bonds. The van der Waals surface area contributed by atoms with Gasteiger partial charge in [-0.2, -0.15) is 0 Å². The van der Waals surface area contributed by atoms with E-state index in [4.69, 9.17) is 14.6 Å². The quantitative estimate of drug-likeness (QED) is 0.540. The van der Waals surface area contributed by atoms with E-state index >= 15 is 0 Å². The van der Waals surface area contributed by atoms with Crippen molar-refractivity contribution in [3.63, 3.8) is 0 Å². The molecule has 1 aliphatic rings. The molecular formula is C22H30N4O5S. The number of nitrogens with zero attached hydrogens (tertiary/aromatic N) is 2. The van der Waals surface area contributed by atoms with Crippen LogP contribution >= 0.6 is 0 Å². The Hall–Kier alpha value is -2.82. The second kappa shape index (κ2) is 10.7. The molecule has 0 unspecified atom stereocenters. The molecule has 0 aliphatic carbocycles. The van der Waals surface area contributed by atoms with E-state index in [1.165, 1.54) is 31.0 Å². The predicted octanol–water partition coefficient (Wildman–Crippen LogP) is 1.29. The highest BCUT2D eigenvalue weighted by molar-refractivity contribution is 7.89. The van der Waals surface area contributed by atoms with Crippen LogP contribution in [0.5, 0.6) is 11.5 Å². The number of ether oxygens (including phenoxy) is 2. The Bertz CT molecular complexity index is 1020. The first-order valence-corrected chi connectivity index (χ1v) is 12.0. The molecule has 0 radical (unpaired) electrons. The Morgan fingerprint density at radius 1 is 1.03 bits per heavy atom. The minimum Gasteiger partial charge on any atom is -0.497 e. The number of carbonyl (C=O) groups is 1. The fourth-order valence-electron chi connectivity index (χ4n) is 3.66. The minimum atomic E-state index is -3.90. The first kappa shape index (κ1) is 23.8. The van der Waals surface area contributed by atoms with Gasteiger partial charge in [0.2, 0.25) is 10.0 Å². The highest BCUT2D eigenvalue weighted by Crippen LogP contribution is 2.22. The second-order valence-electron chi connectivity index (χ2n) is 7.54. The van der Waals surface area contributed by atoms with Crippen LogP contribution in [0.25, 0.3) is 0 Å². The molecule has 9 nitrogen and oxygen atoms in total. The lowest BCUT2D eigenvalue weighted by Crippen LogP contribution is -2.47. The molecule has 0 spiro atoms. The molecule has 0 atom stereocenters. The predicted molar refractivity (Wildman–Crippen MR) is 123 cm³/mol. The number of anilines is 1. The molecule has 1 fully saturated rings. The number of hydrogen-bond acceptors (Lipinski definition) is 7. The van der Waals surface area contributed by atoms with Gasteiger partial charge in [-0.15, -0.1) is 0 Å². The Kier molecular flexibility index (Phi) is 7.94. The van der Waals surface area contributed by atoms with Gasteiger partial charge in [0.05, 0.1) is 24.7 Å². The zero-order valence-electron chi connectivity index (χ0n) is 18.4. The smallest absolute Gasteiger partial charge is 0.255 e. The summed E-state index contributed by atoms with van der Waals surface area (Å²) in [5, 5.41) is 8.00. The van der Waals surface area contributed by atoms with Gasteiger partial charge in [-0.1, -0.05) is 0 Å². The van der Waals surface area contributed by atoms with Gasteiger partial charge in [0.1, 0.15) is 11.5 Å². The minimum absolute atomic E-state index is 0.127. The number of rotatable bonds is 9. The van der Waals surface area contributed by atoms with Crippen LogP contribution in [-0.4, -0.2) is 72.7 Å². The van der Waals surface area contributed by atoms with E-state index in [2.05, 4.69) is 27.2 Å². The first-order chi connectivity index (χ1) is 15.3. The molecule has 0 aromatic heterocycles. The van der Waals surface area contributed by atoms with E-state index < -0.39 is 15.9 Å². The zero-order chi connectivity index (χ0) is 23.1. The van der Waals surface area contributed by atoms with E-state index in [-0.39, 0.29) is 10.5 Å². The van der Waals surface area contributed by atoms with Crippen molar-refractivity contribution in [2.24, 2.45) is 5.14 Å². The van der Waals surface area contributed by atoms with Crippen LogP contribution in [0.1, 0.15) is 16.8 Å². The van der Waals surface area contributed by atoms with Gasteiger partial charge < -0.3 is 19.7 Å². The largest absolute Gasteiger partial charge is 0.497 e. The average molecular weight is 463 g/mol. The van der Waals surface area contributed by atoms with Crippen molar-refractivity contribution in [3.8, 4) is 11.5 Å². The number of methoxy groups -OCH3 is 2. The van der Waals surface area contributed by atoms with Crippen LogP contribution in [0.3, 0.4) is 0 Å². The lowest BCUT2D eigenvalue weighted by atomic mass is 10.2. The zero-order valence-corrected chi connectivity index (χ0v) is 19.2. The second-order valence-corrected chi connectivity index (χ2v) is 9.10. The SMILES string of the molecule is COc1ccc(N2CCN(CCCNC(=O)c3cc(S(N)(=O)=O)ccc3OC)CC2)cc1. The molecule has 0 saturated carbocycles. The Morgan fingerprint density at radius 3 is 2.31 bits per heavy atom. The number of carbonyl (C=O) groups excluding carboxylic acids is 1. The Morgan fingerprint density at radius 2 is 1.72 bits per heavy atom. The van der Waals surface area contributed by atoms with E-state index in [1.54, 1.807) is 7.11 Å². The maximum absolute atomic E-state index is 12.5. The number of sulfonamides is 1. The molecule has 1 aliphatic heterocycles. The summed E-state index contributed by atoms with van der Waals surface area (Å²) in [6.45, 7) is 5.12. The highest BCUT2D eigenvalue weighted by atomic mass is 32.2. The van der Waals surface area contributed by atoms with E-state index in [1.807, 2.05) is 12.1 Å². The van der Waals surface area contributed by atoms with Crippen molar-refractivity contribution in [2.75, 3.05) is 58.4 Å². The Balaban J connectivity index is 1.44. The third kappa shape index (κ3) is 6.12. The molecule has 3 N–H and O–H groups in total. The standard InChI is InChI=1S/C22H30N4O5S/c1-30-18-6-4-17(5-7-18)26-14-12-25(13-15-26)11-3-10-24-22(27)20-16-19(32(23,28)29)8-9-21(20)31-2/h4-9,16H,3,10-15H2,1-2H3,(H,24,27)(H2,23,28,29). The van der Waals surface area contributed by atoms with Crippen LogP contribution in [0.15, 0.2) is 47.4 Å².